The number of ether oxygens (including phenoxy) is 3. The van der Waals surface area contributed by atoms with Gasteiger partial charge in [-0.2, -0.15) is 5.26 Å². The zero-order valence-corrected chi connectivity index (χ0v) is 17.6. The van der Waals surface area contributed by atoms with Crippen molar-refractivity contribution in [3.05, 3.63) is 46.3 Å². The molecule has 30 heavy (non-hydrogen) atoms. The van der Waals surface area contributed by atoms with E-state index in [1.165, 1.54) is 24.5 Å². The van der Waals surface area contributed by atoms with Crippen LogP contribution in [-0.2, 0) is 9.53 Å². The number of anilines is 1. The second kappa shape index (κ2) is 9.94. The van der Waals surface area contributed by atoms with E-state index in [1.54, 1.807) is 31.2 Å². The molecular formula is C22H22N2O5S. The van der Waals surface area contributed by atoms with Crippen LogP contribution in [0, 0.1) is 11.3 Å². The van der Waals surface area contributed by atoms with Crippen molar-refractivity contribution in [2.24, 2.45) is 0 Å². The van der Waals surface area contributed by atoms with Crippen LogP contribution in [0.2, 0.25) is 0 Å². The smallest absolute Gasteiger partial charge is 0.341 e. The topological polar surface area (TPSA) is 97.6 Å². The highest BCUT2D eigenvalue weighted by molar-refractivity contribution is 7.15. The van der Waals surface area contributed by atoms with Gasteiger partial charge in [0.2, 0.25) is 5.91 Å². The van der Waals surface area contributed by atoms with Crippen LogP contribution in [0.1, 0.15) is 47.2 Å². The summed E-state index contributed by atoms with van der Waals surface area (Å²) in [5.41, 5.74) is 2.14. The van der Waals surface area contributed by atoms with E-state index in [9.17, 15) is 9.59 Å². The van der Waals surface area contributed by atoms with Gasteiger partial charge in [0.05, 0.1) is 19.3 Å². The summed E-state index contributed by atoms with van der Waals surface area (Å²) in [7, 11) is 1.50. The van der Waals surface area contributed by atoms with Crippen LogP contribution in [0.3, 0.4) is 0 Å². The summed E-state index contributed by atoms with van der Waals surface area (Å²) in [6, 6.07) is 7.03. The number of thiophene rings is 1. The third kappa shape index (κ3) is 5.19. The molecule has 156 valence electrons. The predicted octanol–water partition coefficient (Wildman–Crippen LogP) is 4.37. The molecule has 0 radical (unpaired) electrons. The fraction of sp³-hybridized carbons (Fsp3) is 0.318. The highest BCUT2D eigenvalue weighted by atomic mass is 32.1. The lowest BCUT2D eigenvalue weighted by molar-refractivity contribution is -0.111. The molecule has 1 heterocycles. The molecule has 0 saturated heterocycles. The van der Waals surface area contributed by atoms with Gasteiger partial charge in [0.1, 0.15) is 11.1 Å². The van der Waals surface area contributed by atoms with E-state index < -0.39 is 5.97 Å². The lowest BCUT2D eigenvalue weighted by Gasteiger charge is -2.09. The molecule has 3 rings (SSSR count). The molecule has 1 aliphatic rings. The molecule has 8 heteroatoms. The van der Waals surface area contributed by atoms with Gasteiger partial charge < -0.3 is 19.5 Å². The Hall–Kier alpha value is -3.31. The van der Waals surface area contributed by atoms with Gasteiger partial charge in [-0.3, -0.25) is 4.79 Å². The van der Waals surface area contributed by atoms with Crippen molar-refractivity contribution < 1.29 is 23.8 Å². The first kappa shape index (κ1) is 21.4. The summed E-state index contributed by atoms with van der Waals surface area (Å²) in [5.74, 6) is 0.526. The van der Waals surface area contributed by atoms with Gasteiger partial charge in [-0.1, -0.05) is 6.07 Å². The molecule has 1 saturated carbocycles. The van der Waals surface area contributed by atoms with E-state index in [-0.39, 0.29) is 19.1 Å². The Bertz CT molecular complexity index is 1000. The number of carbonyl (C=O) groups excluding carboxylic acids is 2. The summed E-state index contributed by atoms with van der Waals surface area (Å²) >= 11 is 1.33. The first-order chi connectivity index (χ1) is 14.6. The van der Waals surface area contributed by atoms with Gasteiger partial charge in [0.25, 0.3) is 0 Å². The van der Waals surface area contributed by atoms with Crippen LogP contribution >= 0.6 is 11.3 Å². The van der Waals surface area contributed by atoms with Crippen molar-refractivity contribution in [3.8, 4) is 17.6 Å². The van der Waals surface area contributed by atoms with E-state index in [4.69, 9.17) is 19.5 Å². The number of rotatable bonds is 9. The van der Waals surface area contributed by atoms with E-state index in [0.29, 0.717) is 28.0 Å². The van der Waals surface area contributed by atoms with Gasteiger partial charge in [-0.25, -0.2) is 4.79 Å². The third-order valence-electron chi connectivity index (χ3n) is 4.46. The van der Waals surface area contributed by atoms with E-state index in [2.05, 4.69) is 5.32 Å². The third-order valence-corrected chi connectivity index (χ3v) is 5.37. The molecule has 0 aliphatic heterocycles. The zero-order valence-electron chi connectivity index (χ0n) is 16.8. The predicted molar refractivity (Wildman–Crippen MR) is 114 cm³/mol. The fourth-order valence-corrected chi connectivity index (χ4v) is 3.95. The summed E-state index contributed by atoms with van der Waals surface area (Å²) in [6.07, 6.45) is 5.11. The highest BCUT2D eigenvalue weighted by Crippen LogP contribution is 2.46. The average Bonchev–Trinajstić information content (AvgIpc) is 3.51. The summed E-state index contributed by atoms with van der Waals surface area (Å²) in [5, 5.41) is 13.8. The molecule has 7 nitrogen and oxygen atoms in total. The number of amides is 1. The Balaban J connectivity index is 1.72. The summed E-state index contributed by atoms with van der Waals surface area (Å²) in [6.45, 7) is 1.95. The molecule has 0 unspecified atom stereocenters. The maximum Gasteiger partial charge on any atom is 0.341 e. The van der Waals surface area contributed by atoms with Gasteiger partial charge in [-0.05, 0) is 60.4 Å². The van der Waals surface area contributed by atoms with Crippen LogP contribution in [0.5, 0.6) is 11.5 Å². The molecular weight excluding hydrogens is 404 g/mol. The van der Waals surface area contributed by atoms with Crippen molar-refractivity contribution in [2.45, 2.75) is 25.7 Å². The molecule has 1 aromatic heterocycles. The second-order valence-electron chi connectivity index (χ2n) is 6.57. The van der Waals surface area contributed by atoms with E-state index >= 15 is 0 Å². The largest absolute Gasteiger partial charge is 0.493 e. The van der Waals surface area contributed by atoms with Crippen LogP contribution < -0.4 is 14.8 Å². The molecule has 1 fully saturated rings. The van der Waals surface area contributed by atoms with Crippen molar-refractivity contribution in [2.75, 3.05) is 25.6 Å². The Morgan fingerprint density at radius 1 is 1.33 bits per heavy atom. The Kier molecular flexibility index (Phi) is 7.09. The van der Waals surface area contributed by atoms with Crippen molar-refractivity contribution in [1.82, 2.24) is 0 Å². The number of hydrogen-bond acceptors (Lipinski definition) is 7. The molecule has 1 aromatic carbocycles. The number of nitrogens with zero attached hydrogens (tertiary/aromatic N) is 1. The van der Waals surface area contributed by atoms with E-state index in [0.717, 1.165) is 24.0 Å². The fourth-order valence-electron chi connectivity index (χ4n) is 2.91. The van der Waals surface area contributed by atoms with Crippen LogP contribution in [0.15, 0.2) is 29.7 Å². The van der Waals surface area contributed by atoms with Gasteiger partial charge in [0.15, 0.2) is 18.1 Å². The van der Waals surface area contributed by atoms with Gasteiger partial charge >= 0.3 is 5.97 Å². The van der Waals surface area contributed by atoms with Crippen molar-refractivity contribution in [1.29, 1.82) is 5.26 Å². The number of nitrogens with one attached hydrogen (secondary N) is 1. The lowest BCUT2D eigenvalue weighted by atomic mass is 10.1. The number of esters is 1. The molecule has 0 bridgehead atoms. The minimum atomic E-state index is -0.405. The molecule has 2 aromatic rings. The van der Waals surface area contributed by atoms with Crippen LogP contribution in [0.4, 0.5) is 5.00 Å². The number of hydrogen-bond donors (Lipinski definition) is 1. The molecule has 1 aliphatic carbocycles. The maximum atomic E-state index is 12.4. The first-order valence-corrected chi connectivity index (χ1v) is 10.4. The van der Waals surface area contributed by atoms with Crippen molar-refractivity contribution >= 4 is 34.3 Å². The zero-order chi connectivity index (χ0) is 21.5. The first-order valence-electron chi connectivity index (χ1n) is 9.52. The minimum Gasteiger partial charge on any atom is -0.493 e. The Morgan fingerprint density at radius 3 is 2.80 bits per heavy atom. The SMILES string of the molecule is CCOC(=O)c1c(C2CC2)csc1NC(=O)/C=C/c1ccc(OCC#N)c(OC)c1. The molecule has 0 atom stereocenters. The van der Waals surface area contributed by atoms with Gasteiger partial charge in [-0.15, -0.1) is 11.3 Å². The number of methoxy groups -OCH3 is 1. The maximum absolute atomic E-state index is 12.4. The van der Waals surface area contributed by atoms with Crippen LogP contribution in [-0.4, -0.2) is 32.2 Å². The molecule has 0 spiro atoms. The highest BCUT2D eigenvalue weighted by Gasteiger charge is 2.32. The van der Waals surface area contributed by atoms with Crippen LogP contribution in [0.25, 0.3) is 6.08 Å². The summed E-state index contributed by atoms with van der Waals surface area (Å²) < 4.78 is 15.7. The van der Waals surface area contributed by atoms with E-state index in [1.807, 2.05) is 11.4 Å². The number of nitriles is 1. The Morgan fingerprint density at radius 2 is 2.13 bits per heavy atom. The molecule has 1 amide bonds. The quantitative estimate of drug-likeness (QED) is 0.472. The monoisotopic (exact) mass is 426 g/mol. The summed E-state index contributed by atoms with van der Waals surface area (Å²) in [4.78, 5) is 24.8. The number of carbonyl (C=O) groups is 2. The lowest BCUT2D eigenvalue weighted by Crippen LogP contribution is -2.13. The van der Waals surface area contributed by atoms with Crippen molar-refractivity contribution in [3.63, 3.8) is 0 Å². The number of benzene rings is 1. The Labute approximate surface area is 178 Å². The average molecular weight is 426 g/mol. The second-order valence-corrected chi connectivity index (χ2v) is 7.45. The molecule has 1 N–H and O–H groups in total. The van der Waals surface area contributed by atoms with Gasteiger partial charge in [0, 0.05) is 6.08 Å². The standard InChI is InChI=1S/C22H22N2O5S/c1-3-28-22(26)20-16(15-6-7-15)13-30-21(20)24-19(25)9-5-14-4-8-17(29-11-10-23)18(12-14)27-2/h4-5,8-9,12-13,15H,3,6-7,11H2,1-2H3,(H,24,25)/b9-5+. The minimum absolute atomic E-state index is 0.0829. The normalized spacial score (nSPS) is 13.0.